The van der Waals surface area contributed by atoms with Crippen LogP contribution in [0.3, 0.4) is 0 Å². The third kappa shape index (κ3) is 2.43. The summed E-state index contributed by atoms with van der Waals surface area (Å²) in [6.45, 7) is 0.737. The summed E-state index contributed by atoms with van der Waals surface area (Å²) in [7, 11) is 0. The predicted molar refractivity (Wildman–Crippen MR) is 83.9 cm³/mol. The van der Waals surface area contributed by atoms with Gasteiger partial charge in [0.05, 0.1) is 9.80 Å². The molecule has 4 aliphatic rings. The summed E-state index contributed by atoms with van der Waals surface area (Å²) in [6.07, 6.45) is 7.94. The number of hydrogen-bond acceptors (Lipinski definition) is 4. The zero-order valence-electron chi connectivity index (χ0n) is 12.4. The van der Waals surface area contributed by atoms with Gasteiger partial charge in [0, 0.05) is 12.6 Å². The molecular weight excluding hydrogens is 300 g/mol. The summed E-state index contributed by atoms with van der Waals surface area (Å²) < 4.78 is 0. The van der Waals surface area contributed by atoms with Crippen LogP contribution in [0.5, 0.6) is 0 Å². The molecule has 0 spiro atoms. The first-order valence-electron chi connectivity index (χ1n) is 8.05. The van der Waals surface area contributed by atoms with E-state index in [2.05, 4.69) is 5.32 Å². The molecule has 4 aliphatic carbocycles. The zero-order valence-corrected chi connectivity index (χ0v) is 13.2. The van der Waals surface area contributed by atoms with Crippen LogP contribution in [0.25, 0.3) is 0 Å². The van der Waals surface area contributed by atoms with E-state index in [0.717, 1.165) is 35.6 Å². The molecule has 0 aliphatic heterocycles. The molecule has 5 nitrogen and oxygen atoms in total. The first-order valence-corrected chi connectivity index (χ1v) is 8.87. The lowest BCUT2D eigenvalue weighted by molar-refractivity contribution is -0.380. The van der Waals surface area contributed by atoms with Gasteiger partial charge in [-0.3, -0.25) is 14.9 Å². The molecule has 5 rings (SSSR count). The van der Waals surface area contributed by atoms with Crippen molar-refractivity contribution in [1.82, 2.24) is 5.32 Å². The second-order valence-corrected chi connectivity index (χ2v) is 8.56. The fourth-order valence-electron chi connectivity index (χ4n) is 5.41. The fourth-order valence-corrected chi connectivity index (χ4v) is 6.15. The second kappa shape index (κ2) is 5.05. The maximum atomic E-state index is 12.3. The summed E-state index contributed by atoms with van der Waals surface area (Å²) in [5, 5.41) is 13.8. The number of hydrogen-bond donors (Lipinski definition) is 1. The average molecular weight is 320 g/mol. The van der Waals surface area contributed by atoms with E-state index >= 15 is 0 Å². The fraction of sp³-hybridized carbons (Fsp3) is 0.688. The Morgan fingerprint density at radius 2 is 1.82 bits per heavy atom. The molecule has 1 aromatic heterocycles. The Balaban J connectivity index is 1.41. The molecule has 0 saturated heterocycles. The molecule has 0 atom stereocenters. The summed E-state index contributed by atoms with van der Waals surface area (Å²) in [6, 6.07) is 2.96. The van der Waals surface area contributed by atoms with Crippen LogP contribution in [0.1, 0.15) is 48.2 Å². The van der Waals surface area contributed by atoms with Gasteiger partial charge in [0.15, 0.2) is 0 Å². The van der Waals surface area contributed by atoms with Crippen LogP contribution in [-0.2, 0) is 0 Å². The van der Waals surface area contributed by atoms with Gasteiger partial charge in [0.2, 0.25) is 0 Å². The van der Waals surface area contributed by atoms with Crippen molar-refractivity contribution in [3.63, 3.8) is 0 Å². The van der Waals surface area contributed by atoms with E-state index in [1.807, 2.05) is 0 Å². The van der Waals surface area contributed by atoms with E-state index < -0.39 is 4.92 Å². The van der Waals surface area contributed by atoms with Gasteiger partial charge in [-0.2, -0.15) is 0 Å². The van der Waals surface area contributed by atoms with Crippen LogP contribution in [0.2, 0.25) is 0 Å². The molecule has 1 heterocycles. The number of carbonyl (C=O) groups is 1. The van der Waals surface area contributed by atoms with Crippen molar-refractivity contribution < 1.29 is 9.72 Å². The Morgan fingerprint density at radius 3 is 2.32 bits per heavy atom. The minimum Gasteiger partial charge on any atom is -0.351 e. The van der Waals surface area contributed by atoms with Gasteiger partial charge in [-0.05, 0) is 67.8 Å². The molecule has 0 unspecified atom stereocenters. The quantitative estimate of drug-likeness (QED) is 0.680. The van der Waals surface area contributed by atoms with Crippen LogP contribution < -0.4 is 5.32 Å². The Kier molecular flexibility index (Phi) is 3.25. The molecule has 4 bridgehead atoms. The first-order chi connectivity index (χ1) is 10.5. The van der Waals surface area contributed by atoms with E-state index in [4.69, 9.17) is 0 Å². The SMILES string of the molecule is O=C(NCC12CC3CC(CC(C3)C1)C2)c1ccc([N+](=O)[O-])s1. The normalized spacial score (nSPS) is 35.5. The number of thiophene rings is 1. The smallest absolute Gasteiger partial charge is 0.324 e. The molecule has 118 valence electrons. The summed E-state index contributed by atoms with van der Waals surface area (Å²) >= 11 is 0.955. The standard InChI is InChI=1S/C16H20N2O3S/c19-15(13-1-2-14(22-13)18(20)21)17-9-16-6-10-3-11(7-16)5-12(4-10)8-16/h1-2,10-12H,3-9H2,(H,17,19). The molecule has 1 N–H and O–H groups in total. The van der Waals surface area contributed by atoms with E-state index in [1.54, 1.807) is 6.07 Å². The number of nitrogens with zero attached hydrogens (tertiary/aromatic N) is 1. The van der Waals surface area contributed by atoms with Crippen LogP contribution in [-0.4, -0.2) is 17.4 Å². The highest BCUT2D eigenvalue weighted by Gasteiger charge is 2.50. The number of amides is 1. The van der Waals surface area contributed by atoms with Gasteiger partial charge in [-0.1, -0.05) is 11.3 Å². The lowest BCUT2D eigenvalue weighted by Crippen LogP contribution is -2.51. The highest BCUT2D eigenvalue weighted by atomic mass is 32.1. The maximum Gasteiger partial charge on any atom is 0.324 e. The highest BCUT2D eigenvalue weighted by molar-refractivity contribution is 7.17. The molecule has 0 aromatic carbocycles. The predicted octanol–water partition coefficient (Wildman–Crippen LogP) is 3.60. The van der Waals surface area contributed by atoms with Crippen LogP contribution in [0, 0.1) is 33.3 Å². The Hall–Kier alpha value is -1.43. The van der Waals surface area contributed by atoms with Crippen molar-refractivity contribution in [2.75, 3.05) is 6.54 Å². The lowest BCUT2D eigenvalue weighted by atomic mass is 9.49. The third-order valence-corrected chi connectivity index (χ3v) is 6.82. The first kappa shape index (κ1) is 14.2. The Labute approximate surface area is 133 Å². The average Bonchev–Trinajstić information content (AvgIpc) is 2.93. The molecule has 4 saturated carbocycles. The van der Waals surface area contributed by atoms with Crippen molar-refractivity contribution in [2.45, 2.75) is 38.5 Å². The lowest BCUT2D eigenvalue weighted by Gasteiger charge is -2.56. The molecule has 4 fully saturated rings. The maximum absolute atomic E-state index is 12.3. The monoisotopic (exact) mass is 320 g/mol. The van der Waals surface area contributed by atoms with Crippen molar-refractivity contribution in [1.29, 1.82) is 0 Å². The summed E-state index contributed by atoms with van der Waals surface area (Å²) in [4.78, 5) is 23.0. The Bertz CT molecular complexity index is 589. The molecule has 1 amide bonds. The van der Waals surface area contributed by atoms with Gasteiger partial charge in [0.25, 0.3) is 5.91 Å². The topological polar surface area (TPSA) is 72.2 Å². The summed E-state index contributed by atoms with van der Waals surface area (Å²) in [5.74, 6) is 2.44. The van der Waals surface area contributed by atoms with Gasteiger partial charge in [-0.15, -0.1) is 0 Å². The van der Waals surface area contributed by atoms with Gasteiger partial charge in [0.1, 0.15) is 0 Å². The van der Waals surface area contributed by atoms with Crippen molar-refractivity contribution in [3.05, 3.63) is 27.1 Å². The molecular formula is C16H20N2O3S. The molecule has 6 heteroatoms. The summed E-state index contributed by atoms with van der Waals surface area (Å²) in [5.41, 5.74) is 0.299. The zero-order chi connectivity index (χ0) is 15.3. The van der Waals surface area contributed by atoms with Gasteiger partial charge < -0.3 is 5.32 Å². The molecule has 22 heavy (non-hydrogen) atoms. The van der Waals surface area contributed by atoms with E-state index in [0.29, 0.717) is 10.3 Å². The second-order valence-electron chi connectivity index (χ2n) is 7.50. The van der Waals surface area contributed by atoms with E-state index in [1.165, 1.54) is 44.6 Å². The van der Waals surface area contributed by atoms with Gasteiger partial charge >= 0.3 is 5.00 Å². The number of nitrogens with one attached hydrogen (secondary N) is 1. The number of rotatable bonds is 4. The number of nitro groups is 1. The Morgan fingerprint density at radius 1 is 1.23 bits per heavy atom. The molecule has 0 radical (unpaired) electrons. The van der Waals surface area contributed by atoms with Crippen LogP contribution in [0.15, 0.2) is 12.1 Å². The largest absolute Gasteiger partial charge is 0.351 e. The minimum absolute atomic E-state index is 0.0277. The van der Waals surface area contributed by atoms with Crippen molar-refractivity contribution in [3.8, 4) is 0 Å². The van der Waals surface area contributed by atoms with Crippen LogP contribution in [0.4, 0.5) is 5.00 Å². The van der Waals surface area contributed by atoms with Crippen molar-refractivity contribution in [2.24, 2.45) is 23.2 Å². The van der Waals surface area contributed by atoms with Crippen LogP contribution >= 0.6 is 11.3 Å². The van der Waals surface area contributed by atoms with E-state index in [9.17, 15) is 14.9 Å². The van der Waals surface area contributed by atoms with E-state index in [-0.39, 0.29) is 10.9 Å². The minimum atomic E-state index is -0.444. The third-order valence-electron chi connectivity index (χ3n) is 5.78. The van der Waals surface area contributed by atoms with Gasteiger partial charge in [-0.25, -0.2) is 0 Å². The van der Waals surface area contributed by atoms with Crippen molar-refractivity contribution >= 4 is 22.2 Å². The molecule has 1 aromatic rings. The highest BCUT2D eigenvalue weighted by Crippen LogP contribution is 2.59. The number of carbonyl (C=O) groups excluding carboxylic acids is 1.